The number of hydrogen-bond donors (Lipinski definition) is 3. The van der Waals surface area contributed by atoms with Gasteiger partial charge in [-0.15, -0.1) is 0 Å². The first-order valence-corrected chi connectivity index (χ1v) is 7.26. The van der Waals surface area contributed by atoms with Crippen LogP contribution in [0.3, 0.4) is 0 Å². The van der Waals surface area contributed by atoms with Gasteiger partial charge >= 0.3 is 8.60 Å². The minimum Gasteiger partial charge on any atom is -0.380 e. The van der Waals surface area contributed by atoms with E-state index in [-0.39, 0.29) is 6.61 Å². The predicted molar refractivity (Wildman–Crippen MR) is 70.1 cm³/mol. The van der Waals surface area contributed by atoms with Crippen LogP contribution in [0.15, 0.2) is 0 Å². The van der Waals surface area contributed by atoms with E-state index in [1.54, 1.807) is 0 Å². The van der Waals surface area contributed by atoms with Gasteiger partial charge in [0.1, 0.15) is 0 Å². The quantitative estimate of drug-likeness (QED) is 0.311. The van der Waals surface area contributed by atoms with Crippen LogP contribution in [0.25, 0.3) is 0 Å². The highest BCUT2D eigenvalue weighted by molar-refractivity contribution is 7.39. The summed E-state index contributed by atoms with van der Waals surface area (Å²) in [5, 5.41) is 0. The van der Waals surface area contributed by atoms with Crippen molar-refractivity contribution < 1.29 is 23.8 Å². The van der Waals surface area contributed by atoms with Gasteiger partial charge in [0.2, 0.25) is 0 Å². The molecule has 0 saturated heterocycles. The fourth-order valence-corrected chi connectivity index (χ4v) is 1.55. The molecule has 0 aromatic carbocycles. The molecule has 0 fully saturated rings. The smallest absolute Gasteiger partial charge is 0.327 e. The Morgan fingerprint density at radius 1 is 1.00 bits per heavy atom. The van der Waals surface area contributed by atoms with Crippen LogP contribution in [0.2, 0.25) is 0 Å². The molecule has 0 aliphatic rings. The first-order chi connectivity index (χ1) is 8.70. The van der Waals surface area contributed by atoms with E-state index in [4.69, 9.17) is 29.5 Å². The molecule has 0 saturated carbocycles. The normalized spacial score (nSPS) is 11.7. The van der Waals surface area contributed by atoms with Gasteiger partial charge in [-0.3, -0.25) is 4.90 Å². The van der Waals surface area contributed by atoms with Gasteiger partial charge < -0.3 is 29.5 Å². The number of nitrogens with zero attached hydrogens (tertiary/aromatic N) is 1. The maximum absolute atomic E-state index is 8.64. The molecular formula is C10H25N2O5P. The van der Waals surface area contributed by atoms with Crippen LogP contribution < -0.4 is 5.73 Å². The van der Waals surface area contributed by atoms with Crippen molar-refractivity contribution in [3.63, 3.8) is 0 Å². The van der Waals surface area contributed by atoms with Crippen LogP contribution in [0.5, 0.6) is 0 Å². The molecule has 0 rings (SSSR count). The van der Waals surface area contributed by atoms with Crippen molar-refractivity contribution in [1.29, 1.82) is 0 Å². The van der Waals surface area contributed by atoms with E-state index in [0.717, 1.165) is 13.1 Å². The summed E-state index contributed by atoms with van der Waals surface area (Å²) in [6, 6.07) is 0. The summed E-state index contributed by atoms with van der Waals surface area (Å²) in [5.41, 5.74) is 5.33. The van der Waals surface area contributed by atoms with E-state index < -0.39 is 8.60 Å². The third-order valence-electron chi connectivity index (χ3n) is 2.18. The second-order valence-electron chi connectivity index (χ2n) is 3.53. The van der Waals surface area contributed by atoms with E-state index in [0.29, 0.717) is 39.5 Å². The Labute approximate surface area is 110 Å². The Balaban J connectivity index is 3.69. The van der Waals surface area contributed by atoms with Crippen molar-refractivity contribution in [2.45, 2.75) is 6.92 Å². The molecule has 0 aliphatic carbocycles. The average Bonchev–Trinajstić information content (AvgIpc) is 2.33. The fraction of sp³-hybridized carbons (Fsp3) is 1.00. The third-order valence-corrected chi connectivity index (χ3v) is 2.60. The summed E-state index contributed by atoms with van der Waals surface area (Å²) < 4.78 is 15.3. The van der Waals surface area contributed by atoms with Crippen molar-refractivity contribution >= 4 is 8.60 Å². The summed E-state index contributed by atoms with van der Waals surface area (Å²) in [4.78, 5) is 19.4. The van der Waals surface area contributed by atoms with Gasteiger partial charge in [-0.05, 0) is 6.92 Å². The lowest BCUT2D eigenvalue weighted by atomic mass is 10.4. The highest BCUT2D eigenvalue weighted by Gasteiger charge is 2.06. The zero-order chi connectivity index (χ0) is 13.6. The lowest BCUT2D eigenvalue weighted by Crippen LogP contribution is -2.34. The molecule has 0 radical (unpaired) electrons. The van der Waals surface area contributed by atoms with Crippen LogP contribution in [0.4, 0.5) is 0 Å². The van der Waals surface area contributed by atoms with E-state index in [1.807, 2.05) is 6.92 Å². The first kappa shape index (κ1) is 18.1. The number of ether oxygens (including phenoxy) is 2. The fourth-order valence-electron chi connectivity index (χ4n) is 1.30. The van der Waals surface area contributed by atoms with Gasteiger partial charge in [0.05, 0.1) is 26.4 Å². The molecule has 18 heavy (non-hydrogen) atoms. The average molecular weight is 284 g/mol. The number of hydrogen-bond acceptors (Lipinski definition) is 7. The summed E-state index contributed by atoms with van der Waals surface area (Å²) in [6.45, 7) is 7.32. The zero-order valence-corrected chi connectivity index (χ0v) is 11.8. The summed E-state index contributed by atoms with van der Waals surface area (Å²) in [5.74, 6) is 0. The second kappa shape index (κ2) is 13.6. The summed E-state index contributed by atoms with van der Waals surface area (Å²) in [7, 11) is -2.27. The Hall–Kier alpha value is 0.150. The maximum atomic E-state index is 8.64. The Kier molecular flexibility index (Phi) is 13.7. The molecular weight excluding hydrogens is 259 g/mol. The van der Waals surface area contributed by atoms with E-state index in [1.165, 1.54) is 0 Å². The maximum Gasteiger partial charge on any atom is 0.327 e. The summed E-state index contributed by atoms with van der Waals surface area (Å²) >= 11 is 0. The van der Waals surface area contributed by atoms with E-state index >= 15 is 0 Å². The molecule has 0 atom stereocenters. The molecule has 0 aromatic heterocycles. The van der Waals surface area contributed by atoms with Crippen LogP contribution in [-0.4, -0.2) is 73.9 Å². The zero-order valence-electron chi connectivity index (χ0n) is 11.0. The standard InChI is InChI=1S/C10H25N2O5P/c1-2-15-8-4-12(5-9-16-7-3-11)6-10-17-18(13)14/h13-14H,2-11H2,1H3. The van der Waals surface area contributed by atoms with Gasteiger partial charge in [0.25, 0.3) is 0 Å². The Morgan fingerprint density at radius 2 is 1.61 bits per heavy atom. The predicted octanol–water partition coefficient (Wildman–Crippen LogP) is -0.472. The van der Waals surface area contributed by atoms with Crippen molar-refractivity contribution in [1.82, 2.24) is 4.90 Å². The Morgan fingerprint density at radius 3 is 2.17 bits per heavy atom. The Bertz CT molecular complexity index is 176. The third kappa shape index (κ3) is 12.6. The summed E-state index contributed by atoms with van der Waals surface area (Å²) in [6.07, 6.45) is 0. The molecule has 110 valence electrons. The molecule has 0 aromatic rings. The lowest BCUT2D eigenvalue weighted by molar-refractivity contribution is 0.0737. The van der Waals surface area contributed by atoms with Crippen LogP contribution in [0.1, 0.15) is 6.92 Å². The molecule has 0 heterocycles. The lowest BCUT2D eigenvalue weighted by Gasteiger charge is -2.22. The largest absolute Gasteiger partial charge is 0.380 e. The van der Waals surface area contributed by atoms with Crippen molar-refractivity contribution in [2.75, 3.05) is 59.2 Å². The van der Waals surface area contributed by atoms with Gasteiger partial charge in [0, 0.05) is 32.8 Å². The molecule has 8 heteroatoms. The van der Waals surface area contributed by atoms with Gasteiger partial charge in [-0.25, -0.2) is 0 Å². The molecule has 0 spiro atoms. The molecule has 4 N–H and O–H groups in total. The van der Waals surface area contributed by atoms with E-state index in [2.05, 4.69) is 4.90 Å². The van der Waals surface area contributed by atoms with Crippen molar-refractivity contribution in [3.8, 4) is 0 Å². The van der Waals surface area contributed by atoms with Gasteiger partial charge in [0.15, 0.2) is 0 Å². The molecule has 0 aliphatic heterocycles. The van der Waals surface area contributed by atoms with Crippen molar-refractivity contribution in [2.24, 2.45) is 5.73 Å². The number of nitrogens with two attached hydrogens (primary N) is 1. The monoisotopic (exact) mass is 284 g/mol. The van der Waals surface area contributed by atoms with Gasteiger partial charge in [-0.2, -0.15) is 0 Å². The topological polar surface area (TPSA) is 97.4 Å². The second-order valence-corrected chi connectivity index (χ2v) is 4.29. The van der Waals surface area contributed by atoms with Gasteiger partial charge in [-0.1, -0.05) is 0 Å². The van der Waals surface area contributed by atoms with Crippen LogP contribution >= 0.6 is 8.60 Å². The first-order valence-electron chi connectivity index (χ1n) is 6.09. The minimum absolute atomic E-state index is 0.279. The number of rotatable bonds is 13. The van der Waals surface area contributed by atoms with E-state index in [9.17, 15) is 0 Å². The molecule has 7 nitrogen and oxygen atoms in total. The van der Waals surface area contributed by atoms with Crippen LogP contribution in [0, 0.1) is 0 Å². The highest BCUT2D eigenvalue weighted by atomic mass is 31.2. The SMILES string of the molecule is CCOCCN(CCOCCN)CCOP(O)O. The molecule has 0 unspecified atom stereocenters. The van der Waals surface area contributed by atoms with Crippen LogP contribution in [-0.2, 0) is 14.0 Å². The molecule has 0 amide bonds. The highest BCUT2D eigenvalue weighted by Crippen LogP contribution is 2.23. The minimum atomic E-state index is -2.27. The van der Waals surface area contributed by atoms with Crippen molar-refractivity contribution in [3.05, 3.63) is 0 Å². The molecule has 0 bridgehead atoms.